The number of carbonyl (C=O) groups excluding carboxylic acids is 3. The third-order valence-corrected chi connectivity index (χ3v) is 4.65. The molecule has 1 heterocycles. The van der Waals surface area contributed by atoms with E-state index >= 15 is 0 Å². The van der Waals surface area contributed by atoms with E-state index in [4.69, 9.17) is 4.74 Å². The number of amides is 2. The Morgan fingerprint density at radius 2 is 1.61 bits per heavy atom. The maximum Gasteiger partial charge on any atom is 0.308 e. The molecule has 28 heavy (non-hydrogen) atoms. The van der Waals surface area contributed by atoms with E-state index in [2.05, 4.69) is 0 Å². The Morgan fingerprint density at radius 3 is 2.21 bits per heavy atom. The van der Waals surface area contributed by atoms with Gasteiger partial charge in [-0.15, -0.1) is 0 Å². The molecule has 0 spiro atoms. The van der Waals surface area contributed by atoms with Gasteiger partial charge in [0, 0.05) is 32.1 Å². The summed E-state index contributed by atoms with van der Waals surface area (Å²) in [5, 5.41) is 0. The number of ether oxygens (including phenoxy) is 1. The number of carbonyl (C=O) groups is 3. The monoisotopic (exact) mass is 380 g/mol. The second kappa shape index (κ2) is 9.17. The number of esters is 1. The summed E-state index contributed by atoms with van der Waals surface area (Å²) in [6.45, 7) is 3.22. The Bertz CT molecular complexity index is 827. The average Bonchev–Trinajstić information content (AvgIpc) is 3.23. The van der Waals surface area contributed by atoms with E-state index in [1.54, 1.807) is 29.2 Å². The Hall–Kier alpha value is -3.15. The van der Waals surface area contributed by atoms with Crippen molar-refractivity contribution in [3.8, 4) is 5.75 Å². The van der Waals surface area contributed by atoms with Crippen molar-refractivity contribution < 1.29 is 19.1 Å². The molecule has 1 aliphatic rings. The third kappa shape index (κ3) is 5.19. The zero-order valence-electron chi connectivity index (χ0n) is 16.0. The first-order chi connectivity index (χ1) is 13.5. The van der Waals surface area contributed by atoms with Gasteiger partial charge >= 0.3 is 5.97 Å². The maximum absolute atomic E-state index is 13.1. The van der Waals surface area contributed by atoms with Crippen molar-refractivity contribution in [2.75, 3.05) is 19.6 Å². The summed E-state index contributed by atoms with van der Waals surface area (Å²) < 4.78 is 5.01. The highest BCUT2D eigenvalue weighted by molar-refractivity contribution is 5.96. The molecule has 0 radical (unpaired) electrons. The van der Waals surface area contributed by atoms with E-state index in [9.17, 15) is 14.4 Å². The predicted molar refractivity (Wildman–Crippen MR) is 105 cm³/mol. The Kier molecular flexibility index (Phi) is 6.42. The van der Waals surface area contributed by atoms with Gasteiger partial charge in [0.1, 0.15) is 12.3 Å². The SMILES string of the molecule is CC(=O)Oc1ccc(C(=O)N(CC(=O)N2CCCC2)Cc2ccccc2)cc1. The van der Waals surface area contributed by atoms with E-state index in [0.717, 1.165) is 31.5 Å². The van der Waals surface area contributed by atoms with Gasteiger partial charge in [-0.3, -0.25) is 14.4 Å². The van der Waals surface area contributed by atoms with Gasteiger partial charge in [-0.2, -0.15) is 0 Å². The Labute approximate surface area is 164 Å². The molecule has 1 aliphatic heterocycles. The summed E-state index contributed by atoms with van der Waals surface area (Å²) in [6, 6.07) is 16.0. The fourth-order valence-corrected chi connectivity index (χ4v) is 3.25. The lowest BCUT2D eigenvalue weighted by Gasteiger charge is -2.25. The minimum Gasteiger partial charge on any atom is -0.427 e. The van der Waals surface area contributed by atoms with Gasteiger partial charge in [0.25, 0.3) is 5.91 Å². The van der Waals surface area contributed by atoms with Gasteiger partial charge in [-0.05, 0) is 42.7 Å². The smallest absolute Gasteiger partial charge is 0.308 e. The second-order valence-corrected chi connectivity index (χ2v) is 6.85. The van der Waals surface area contributed by atoms with E-state index in [0.29, 0.717) is 17.9 Å². The molecule has 6 heteroatoms. The van der Waals surface area contributed by atoms with Crippen LogP contribution >= 0.6 is 0 Å². The Morgan fingerprint density at radius 1 is 0.964 bits per heavy atom. The van der Waals surface area contributed by atoms with Gasteiger partial charge in [0.05, 0.1) is 0 Å². The second-order valence-electron chi connectivity index (χ2n) is 6.85. The zero-order valence-corrected chi connectivity index (χ0v) is 16.0. The highest BCUT2D eigenvalue weighted by Gasteiger charge is 2.24. The standard InChI is InChI=1S/C22H24N2O4/c1-17(25)28-20-11-9-19(10-12-20)22(27)24(15-18-7-3-2-4-8-18)16-21(26)23-13-5-6-14-23/h2-4,7-12H,5-6,13-16H2,1H3. The number of hydrogen-bond acceptors (Lipinski definition) is 4. The highest BCUT2D eigenvalue weighted by atomic mass is 16.5. The molecule has 3 rings (SSSR count). The fraction of sp³-hybridized carbons (Fsp3) is 0.318. The lowest BCUT2D eigenvalue weighted by Crippen LogP contribution is -2.41. The molecule has 6 nitrogen and oxygen atoms in total. The average molecular weight is 380 g/mol. The molecular formula is C22H24N2O4. The van der Waals surface area contributed by atoms with Crippen LogP contribution in [0, 0.1) is 0 Å². The molecule has 0 saturated carbocycles. The van der Waals surface area contributed by atoms with Crippen LogP contribution in [0.4, 0.5) is 0 Å². The lowest BCUT2D eigenvalue weighted by molar-refractivity contribution is -0.132. The first-order valence-corrected chi connectivity index (χ1v) is 9.42. The molecule has 0 aliphatic carbocycles. The molecule has 2 aromatic carbocycles. The van der Waals surface area contributed by atoms with Crippen LogP contribution in [-0.2, 0) is 16.1 Å². The molecule has 1 saturated heterocycles. The maximum atomic E-state index is 13.1. The molecule has 1 fully saturated rings. The summed E-state index contributed by atoms with van der Waals surface area (Å²) in [4.78, 5) is 40.1. The van der Waals surface area contributed by atoms with E-state index < -0.39 is 5.97 Å². The fourth-order valence-electron chi connectivity index (χ4n) is 3.25. The van der Waals surface area contributed by atoms with Crippen LogP contribution in [-0.4, -0.2) is 47.2 Å². The van der Waals surface area contributed by atoms with E-state index in [-0.39, 0.29) is 18.4 Å². The minimum atomic E-state index is -0.416. The molecule has 0 N–H and O–H groups in total. The molecule has 0 unspecified atom stereocenters. The molecule has 0 bridgehead atoms. The van der Waals surface area contributed by atoms with Crippen LogP contribution in [0.25, 0.3) is 0 Å². The first kappa shape index (κ1) is 19.6. The van der Waals surface area contributed by atoms with Gasteiger partial charge in [0.2, 0.25) is 5.91 Å². The summed E-state index contributed by atoms with van der Waals surface area (Å²) in [5.74, 6) is -0.295. The molecule has 0 atom stereocenters. The van der Waals surface area contributed by atoms with Crippen LogP contribution in [0.2, 0.25) is 0 Å². The first-order valence-electron chi connectivity index (χ1n) is 9.42. The van der Waals surface area contributed by atoms with Gasteiger partial charge in [-0.1, -0.05) is 30.3 Å². The van der Waals surface area contributed by atoms with Crippen molar-refractivity contribution >= 4 is 17.8 Å². The summed E-state index contributed by atoms with van der Waals surface area (Å²) >= 11 is 0. The largest absolute Gasteiger partial charge is 0.427 e. The van der Waals surface area contributed by atoms with Crippen molar-refractivity contribution in [3.05, 3.63) is 65.7 Å². The van der Waals surface area contributed by atoms with Crippen molar-refractivity contribution in [2.45, 2.75) is 26.3 Å². The number of benzene rings is 2. The zero-order chi connectivity index (χ0) is 19.9. The van der Waals surface area contributed by atoms with Crippen molar-refractivity contribution in [1.82, 2.24) is 9.80 Å². The quantitative estimate of drug-likeness (QED) is 0.571. The van der Waals surface area contributed by atoms with Crippen LogP contribution < -0.4 is 4.74 Å². The molecule has 0 aromatic heterocycles. The van der Waals surface area contributed by atoms with Crippen LogP contribution in [0.1, 0.15) is 35.7 Å². The summed E-state index contributed by atoms with van der Waals surface area (Å²) in [7, 11) is 0. The number of rotatable bonds is 6. The molecule has 2 amide bonds. The number of nitrogens with zero attached hydrogens (tertiary/aromatic N) is 2. The predicted octanol–water partition coefficient (Wildman–Crippen LogP) is 2.88. The van der Waals surface area contributed by atoms with E-state index in [1.165, 1.54) is 6.92 Å². The third-order valence-electron chi connectivity index (χ3n) is 4.65. The van der Waals surface area contributed by atoms with Crippen molar-refractivity contribution in [2.24, 2.45) is 0 Å². The number of hydrogen-bond donors (Lipinski definition) is 0. The number of likely N-dealkylation sites (tertiary alicyclic amines) is 1. The molecular weight excluding hydrogens is 356 g/mol. The van der Waals surface area contributed by atoms with Crippen molar-refractivity contribution in [1.29, 1.82) is 0 Å². The minimum absolute atomic E-state index is 0.0293. The van der Waals surface area contributed by atoms with Gasteiger partial charge in [0.15, 0.2) is 0 Å². The molecule has 146 valence electrons. The lowest BCUT2D eigenvalue weighted by atomic mass is 10.1. The topological polar surface area (TPSA) is 66.9 Å². The summed E-state index contributed by atoms with van der Waals surface area (Å²) in [6.07, 6.45) is 2.02. The normalized spacial score (nSPS) is 13.2. The van der Waals surface area contributed by atoms with Crippen LogP contribution in [0.5, 0.6) is 5.75 Å². The van der Waals surface area contributed by atoms with Gasteiger partial charge < -0.3 is 14.5 Å². The van der Waals surface area contributed by atoms with Gasteiger partial charge in [-0.25, -0.2) is 0 Å². The van der Waals surface area contributed by atoms with Crippen LogP contribution in [0.15, 0.2) is 54.6 Å². The van der Waals surface area contributed by atoms with E-state index in [1.807, 2.05) is 35.2 Å². The Balaban J connectivity index is 1.77. The highest BCUT2D eigenvalue weighted by Crippen LogP contribution is 2.16. The summed E-state index contributed by atoms with van der Waals surface area (Å²) in [5.41, 5.74) is 1.41. The molecule has 2 aromatic rings. The van der Waals surface area contributed by atoms with Crippen LogP contribution in [0.3, 0.4) is 0 Å². The van der Waals surface area contributed by atoms with Crippen molar-refractivity contribution in [3.63, 3.8) is 0 Å².